The van der Waals surface area contributed by atoms with Crippen molar-refractivity contribution in [2.24, 2.45) is 11.3 Å². The van der Waals surface area contributed by atoms with Crippen molar-refractivity contribution in [3.63, 3.8) is 0 Å². The molecule has 0 bridgehead atoms. The molecule has 0 saturated carbocycles. The Morgan fingerprint density at radius 2 is 1.80 bits per heavy atom. The minimum atomic E-state index is -1.08. The number of carbonyl (C=O) groups is 3. The number of fused-ring (bicyclic) bond motifs is 1. The minimum absolute atomic E-state index is 0.136. The zero-order valence-corrected chi connectivity index (χ0v) is 14.7. The van der Waals surface area contributed by atoms with Gasteiger partial charge in [0.15, 0.2) is 0 Å². The molecule has 0 aliphatic carbocycles. The monoisotopic (exact) mass is 345 g/mol. The molecule has 7 nitrogen and oxygen atoms in total. The summed E-state index contributed by atoms with van der Waals surface area (Å²) in [5, 5.41) is 9.84. The first-order valence-electron chi connectivity index (χ1n) is 8.30. The van der Waals surface area contributed by atoms with Crippen molar-refractivity contribution in [3.8, 4) is 0 Å². The summed E-state index contributed by atoms with van der Waals surface area (Å²) in [5.74, 6) is -1.34. The number of urea groups is 1. The van der Waals surface area contributed by atoms with Crippen molar-refractivity contribution in [2.45, 2.75) is 6.92 Å². The molecule has 0 unspecified atom stereocenters. The number of hydrogen-bond acceptors (Lipinski definition) is 3. The van der Waals surface area contributed by atoms with Gasteiger partial charge >= 0.3 is 12.0 Å². The van der Waals surface area contributed by atoms with Gasteiger partial charge in [-0.15, -0.1) is 0 Å². The minimum Gasteiger partial charge on any atom is -0.481 e. The third-order valence-electron chi connectivity index (χ3n) is 5.24. The zero-order chi connectivity index (χ0) is 18.4. The van der Waals surface area contributed by atoms with Crippen molar-refractivity contribution in [1.82, 2.24) is 14.7 Å². The van der Waals surface area contributed by atoms with Gasteiger partial charge in [-0.2, -0.15) is 0 Å². The van der Waals surface area contributed by atoms with E-state index in [0.717, 1.165) is 5.56 Å². The van der Waals surface area contributed by atoms with E-state index in [1.807, 2.05) is 25.1 Å². The first-order valence-corrected chi connectivity index (χ1v) is 8.30. The number of likely N-dealkylation sites (tertiary alicyclic amines) is 2. The molecule has 134 valence electrons. The molecule has 3 amide bonds. The zero-order valence-electron chi connectivity index (χ0n) is 14.7. The van der Waals surface area contributed by atoms with Crippen LogP contribution < -0.4 is 0 Å². The summed E-state index contributed by atoms with van der Waals surface area (Å²) >= 11 is 0. The maximum atomic E-state index is 12.8. The summed E-state index contributed by atoms with van der Waals surface area (Å²) in [6.45, 7) is 2.91. The normalized spacial score (nSPS) is 25.0. The van der Waals surface area contributed by atoms with E-state index in [1.165, 1.54) is 4.90 Å². The fourth-order valence-electron chi connectivity index (χ4n) is 3.91. The van der Waals surface area contributed by atoms with E-state index >= 15 is 0 Å². The van der Waals surface area contributed by atoms with E-state index in [2.05, 4.69) is 0 Å². The van der Waals surface area contributed by atoms with Gasteiger partial charge < -0.3 is 19.8 Å². The third-order valence-corrected chi connectivity index (χ3v) is 5.24. The smallest absolute Gasteiger partial charge is 0.319 e. The van der Waals surface area contributed by atoms with Crippen molar-refractivity contribution in [2.75, 3.05) is 40.3 Å². The molecular weight excluding hydrogens is 322 g/mol. The van der Waals surface area contributed by atoms with Crippen molar-refractivity contribution in [1.29, 1.82) is 0 Å². The summed E-state index contributed by atoms with van der Waals surface area (Å²) < 4.78 is 0. The van der Waals surface area contributed by atoms with Crippen LogP contribution in [0.1, 0.15) is 15.9 Å². The molecule has 0 aromatic heterocycles. The highest BCUT2D eigenvalue weighted by Crippen LogP contribution is 2.43. The predicted molar refractivity (Wildman–Crippen MR) is 91.3 cm³/mol. The highest BCUT2D eigenvalue weighted by atomic mass is 16.4. The van der Waals surface area contributed by atoms with Crippen LogP contribution in [0, 0.1) is 18.3 Å². The Kier molecular flexibility index (Phi) is 4.18. The molecule has 7 heteroatoms. The molecule has 2 fully saturated rings. The molecular formula is C18H23N3O4. The molecule has 0 spiro atoms. The predicted octanol–water partition coefficient (Wildman–Crippen LogP) is 1.14. The van der Waals surface area contributed by atoms with Gasteiger partial charge in [0.25, 0.3) is 5.91 Å². The summed E-state index contributed by atoms with van der Waals surface area (Å²) in [5.41, 5.74) is 0.480. The molecule has 3 rings (SSSR count). The Bertz CT molecular complexity index is 733. The maximum absolute atomic E-state index is 12.8. The lowest BCUT2D eigenvalue weighted by molar-refractivity contribution is -0.148. The number of aliphatic carboxylic acids is 1. The number of hydrogen-bond donors (Lipinski definition) is 1. The van der Waals surface area contributed by atoms with E-state index in [1.54, 1.807) is 30.0 Å². The van der Waals surface area contributed by atoms with Gasteiger partial charge in [0.05, 0.1) is 0 Å². The Balaban J connectivity index is 1.81. The molecule has 2 aliphatic heterocycles. The average Bonchev–Trinajstić information content (AvgIpc) is 3.08. The van der Waals surface area contributed by atoms with Crippen molar-refractivity contribution in [3.05, 3.63) is 35.4 Å². The molecule has 1 N–H and O–H groups in total. The van der Waals surface area contributed by atoms with Crippen molar-refractivity contribution >= 4 is 17.9 Å². The molecule has 2 heterocycles. The van der Waals surface area contributed by atoms with Gasteiger partial charge in [-0.25, -0.2) is 4.79 Å². The Labute approximate surface area is 146 Å². The second-order valence-electron chi connectivity index (χ2n) is 7.27. The number of nitrogens with zero attached hydrogens (tertiary/aromatic N) is 3. The van der Waals surface area contributed by atoms with Crippen LogP contribution in [0.5, 0.6) is 0 Å². The largest absolute Gasteiger partial charge is 0.481 e. The van der Waals surface area contributed by atoms with Gasteiger partial charge in [0.2, 0.25) is 0 Å². The lowest BCUT2D eigenvalue weighted by Crippen LogP contribution is -2.45. The average molecular weight is 345 g/mol. The van der Waals surface area contributed by atoms with E-state index in [0.29, 0.717) is 18.7 Å². The fourth-order valence-corrected chi connectivity index (χ4v) is 3.91. The molecule has 1 aromatic rings. The van der Waals surface area contributed by atoms with Crippen LogP contribution in [-0.4, -0.2) is 78.0 Å². The van der Waals surface area contributed by atoms with Crippen LogP contribution in [0.2, 0.25) is 0 Å². The second kappa shape index (κ2) is 6.06. The standard InChI is InChI=1S/C18H23N3O4/c1-12-5-4-6-13(7-12)15(22)20-8-14-9-21(17(25)19(2)3)11-18(14,10-20)16(23)24/h4-7,14H,8-11H2,1-3H3,(H,23,24)/t14-,18-/m1/s1. The van der Waals surface area contributed by atoms with Crippen LogP contribution >= 0.6 is 0 Å². The van der Waals surface area contributed by atoms with Gasteiger partial charge in [0, 0.05) is 51.8 Å². The first-order chi connectivity index (χ1) is 11.7. The molecule has 1 aromatic carbocycles. The van der Waals surface area contributed by atoms with Crippen LogP contribution in [0.3, 0.4) is 0 Å². The molecule has 2 aliphatic rings. The van der Waals surface area contributed by atoms with E-state index in [4.69, 9.17) is 0 Å². The van der Waals surface area contributed by atoms with Gasteiger partial charge in [-0.1, -0.05) is 17.7 Å². The Morgan fingerprint density at radius 3 is 2.36 bits per heavy atom. The highest BCUT2D eigenvalue weighted by molar-refractivity contribution is 5.95. The summed E-state index contributed by atoms with van der Waals surface area (Å²) in [4.78, 5) is 41.6. The van der Waals surface area contributed by atoms with E-state index in [9.17, 15) is 19.5 Å². The number of aryl methyl sites for hydroxylation is 1. The van der Waals surface area contributed by atoms with Gasteiger partial charge in [-0.05, 0) is 19.1 Å². The van der Waals surface area contributed by atoms with Crippen molar-refractivity contribution < 1.29 is 19.5 Å². The lowest BCUT2D eigenvalue weighted by atomic mass is 9.81. The van der Waals surface area contributed by atoms with Gasteiger partial charge in [0.1, 0.15) is 5.41 Å². The first kappa shape index (κ1) is 17.3. The van der Waals surface area contributed by atoms with Crippen LogP contribution in [0.4, 0.5) is 4.79 Å². The number of rotatable bonds is 2. The lowest BCUT2D eigenvalue weighted by Gasteiger charge is -2.27. The third kappa shape index (κ3) is 2.83. The number of carboxylic acids is 1. The summed E-state index contributed by atoms with van der Waals surface area (Å²) in [6, 6.07) is 7.11. The maximum Gasteiger partial charge on any atom is 0.319 e. The Morgan fingerprint density at radius 1 is 1.16 bits per heavy atom. The van der Waals surface area contributed by atoms with E-state index in [-0.39, 0.29) is 30.9 Å². The van der Waals surface area contributed by atoms with Crippen LogP contribution in [0.15, 0.2) is 24.3 Å². The number of benzene rings is 1. The number of carbonyl (C=O) groups excluding carboxylic acids is 2. The van der Waals surface area contributed by atoms with E-state index < -0.39 is 11.4 Å². The molecule has 25 heavy (non-hydrogen) atoms. The fraction of sp³-hybridized carbons (Fsp3) is 0.500. The highest BCUT2D eigenvalue weighted by Gasteiger charge is 2.59. The quantitative estimate of drug-likeness (QED) is 0.871. The Hall–Kier alpha value is -2.57. The molecule has 2 atom stereocenters. The number of carboxylic acid groups (broad SMARTS) is 1. The second-order valence-corrected chi connectivity index (χ2v) is 7.27. The molecule has 0 radical (unpaired) electrons. The van der Waals surface area contributed by atoms with Crippen LogP contribution in [0.25, 0.3) is 0 Å². The summed E-state index contributed by atoms with van der Waals surface area (Å²) in [6.07, 6.45) is 0. The SMILES string of the molecule is Cc1cccc(C(=O)N2C[C@@H]3CN(C(=O)N(C)C)C[C@]3(C(=O)O)C2)c1. The number of amides is 3. The topological polar surface area (TPSA) is 81.2 Å². The molecule has 2 saturated heterocycles. The van der Waals surface area contributed by atoms with Gasteiger partial charge in [-0.3, -0.25) is 9.59 Å². The summed E-state index contributed by atoms with van der Waals surface area (Å²) in [7, 11) is 3.30. The van der Waals surface area contributed by atoms with Crippen LogP contribution in [-0.2, 0) is 4.79 Å².